The van der Waals surface area contributed by atoms with Crippen LogP contribution in [0, 0.1) is 0 Å². The van der Waals surface area contributed by atoms with E-state index < -0.39 is 0 Å². The number of nitrogens with zero attached hydrogens (tertiary/aromatic N) is 2. The molecule has 0 radical (unpaired) electrons. The fourth-order valence-electron chi connectivity index (χ4n) is 1.45. The van der Waals surface area contributed by atoms with Crippen molar-refractivity contribution in [3.8, 4) is 22.9 Å². The van der Waals surface area contributed by atoms with Gasteiger partial charge < -0.3 is 15.2 Å². The monoisotopic (exact) mass is 299 g/mol. The quantitative estimate of drug-likeness (QED) is 0.875. The van der Waals surface area contributed by atoms with Crippen LogP contribution in [0.4, 0.5) is 5.13 Å². The third-order valence-corrected chi connectivity index (χ3v) is 3.26. The molecule has 0 saturated carbocycles. The molecular formula is C9H6BrN3O2S. The Kier molecular flexibility index (Phi) is 2.22. The fourth-order valence-corrected chi connectivity index (χ4v) is 2.46. The van der Waals surface area contributed by atoms with Gasteiger partial charge in [-0.1, -0.05) is 0 Å². The number of hydrogen-bond acceptors (Lipinski definition) is 6. The lowest BCUT2D eigenvalue weighted by molar-refractivity contribution is 0.173. The van der Waals surface area contributed by atoms with Crippen LogP contribution in [-0.4, -0.2) is 16.2 Å². The molecule has 0 unspecified atom stereocenters. The van der Waals surface area contributed by atoms with E-state index in [1.54, 1.807) is 0 Å². The van der Waals surface area contributed by atoms with Gasteiger partial charge in [-0.15, -0.1) is 0 Å². The highest BCUT2D eigenvalue weighted by molar-refractivity contribution is 9.10. The van der Waals surface area contributed by atoms with Crippen LogP contribution in [-0.2, 0) is 0 Å². The molecule has 0 atom stereocenters. The van der Waals surface area contributed by atoms with Gasteiger partial charge in [0.15, 0.2) is 22.5 Å². The second-order valence-corrected chi connectivity index (χ2v) is 4.79. The van der Waals surface area contributed by atoms with Crippen LogP contribution in [0.2, 0.25) is 0 Å². The number of anilines is 1. The van der Waals surface area contributed by atoms with Crippen LogP contribution >= 0.6 is 27.5 Å². The summed E-state index contributed by atoms with van der Waals surface area (Å²) in [6.45, 7) is 0.240. The zero-order chi connectivity index (χ0) is 11.1. The second-order valence-electron chi connectivity index (χ2n) is 3.15. The molecule has 0 amide bonds. The van der Waals surface area contributed by atoms with E-state index in [4.69, 9.17) is 15.2 Å². The summed E-state index contributed by atoms with van der Waals surface area (Å²) >= 11 is 4.58. The molecule has 82 valence electrons. The van der Waals surface area contributed by atoms with Crippen LogP contribution in [0.1, 0.15) is 0 Å². The van der Waals surface area contributed by atoms with E-state index in [2.05, 4.69) is 25.3 Å². The summed E-state index contributed by atoms with van der Waals surface area (Å²) in [6, 6.07) is 3.73. The Hall–Kier alpha value is -1.34. The standard InChI is InChI=1S/C9H6BrN3O2S/c10-5-1-4(8-12-9(11)16-13-8)2-6-7(5)15-3-14-6/h1-2H,3H2,(H2,11,12,13). The molecule has 2 heterocycles. The fraction of sp³-hybridized carbons (Fsp3) is 0.111. The van der Waals surface area contributed by atoms with Gasteiger partial charge in [-0.3, -0.25) is 0 Å². The predicted octanol–water partition coefficient (Wildman–Crippen LogP) is 2.28. The number of nitrogens with two attached hydrogens (primary N) is 1. The summed E-state index contributed by atoms with van der Waals surface area (Å²) in [4.78, 5) is 4.12. The third-order valence-electron chi connectivity index (χ3n) is 2.13. The van der Waals surface area contributed by atoms with Gasteiger partial charge in [0.25, 0.3) is 0 Å². The van der Waals surface area contributed by atoms with Crippen molar-refractivity contribution < 1.29 is 9.47 Å². The predicted molar refractivity (Wildman–Crippen MR) is 63.6 cm³/mol. The minimum Gasteiger partial charge on any atom is -0.454 e. The molecule has 1 aliphatic heterocycles. The number of fused-ring (bicyclic) bond motifs is 1. The SMILES string of the molecule is Nc1nc(-c2cc(Br)c3c(c2)OCO3)ns1. The number of benzene rings is 1. The van der Waals surface area contributed by atoms with E-state index in [1.807, 2.05) is 12.1 Å². The van der Waals surface area contributed by atoms with Crippen molar-refractivity contribution in [2.45, 2.75) is 0 Å². The van der Waals surface area contributed by atoms with Gasteiger partial charge in [-0.05, 0) is 28.1 Å². The van der Waals surface area contributed by atoms with Crippen LogP contribution in [0.5, 0.6) is 11.5 Å². The molecule has 0 aliphatic carbocycles. The van der Waals surface area contributed by atoms with E-state index in [0.29, 0.717) is 22.5 Å². The van der Waals surface area contributed by atoms with Gasteiger partial charge in [0.1, 0.15) is 0 Å². The number of hydrogen-bond donors (Lipinski definition) is 1. The summed E-state index contributed by atoms with van der Waals surface area (Å²) < 4.78 is 15.6. The Morgan fingerprint density at radius 3 is 3.00 bits per heavy atom. The first-order chi connectivity index (χ1) is 7.74. The summed E-state index contributed by atoms with van der Waals surface area (Å²) in [5.41, 5.74) is 6.40. The molecule has 7 heteroatoms. The van der Waals surface area contributed by atoms with Crippen LogP contribution in [0.25, 0.3) is 11.4 Å². The molecule has 5 nitrogen and oxygen atoms in total. The zero-order valence-electron chi connectivity index (χ0n) is 7.94. The number of rotatable bonds is 1. The lowest BCUT2D eigenvalue weighted by atomic mass is 10.2. The first kappa shape index (κ1) is 9.86. The molecule has 2 N–H and O–H groups in total. The lowest BCUT2D eigenvalue weighted by Gasteiger charge is -2.01. The first-order valence-corrected chi connectivity index (χ1v) is 5.99. The van der Waals surface area contributed by atoms with Gasteiger partial charge >= 0.3 is 0 Å². The number of aromatic nitrogens is 2. The van der Waals surface area contributed by atoms with E-state index in [1.165, 1.54) is 11.5 Å². The van der Waals surface area contributed by atoms with E-state index in [9.17, 15) is 0 Å². The van der Waals surface area contributed by atoms with Gasteiger partial charge in [0.2, 0.25) is 6.79 Å². The molecule has 1 aromatic heterocycles. The number of nitrogen functional groups attached to an aromatic ring is 1. The zero-order valence-corrected chi connectivity index (χ0v) is 10.3. The lowest BCUT2D eigenvalue weighted by Crippen LogP contribution is -1.93. The summed E-state index contributed by atoms with van der Waals surface area (Å²) in [5.74, 6) is 2.01. The van der Waals surface area contributed by atoms with Crippen molar-refractivity contribution in [3.63, 3.8) is 0 Å². The first-order valence-electron chi connectivity index (χ1n) is 4.43. The second kappa shape index (κ2) is 3.60. The molecule has 0 bridgehead atoms. The van der Waals surface area contributed by atoms with Crippen molar-refractivity contribution in [1.29, 1.82) is 0 Å². The van der Waals surface area contributed by atoms with Gasteiger partial charge in [0, 0.05) is 17.1 Å². The van der Waals surface area contributed by atoms with Crippen molar-refractivity contribution in [2.75, 3.05) is 12.5 Å². The Morgan fingerprint density at radius 2 is 2.25 bits per heavy atom. The van der Waals surface area contributed by atoms with Gasteiger partial charge in [-0.2, -0.15) is 9.36 Å². The Labute approximate surface area is 104 Å². The Balaban J connectivity index is 2.12. The van der Waals surface area contributed by atoms with Crippen molar-refractivity contribution in [1.82, 2.24) is 9.36 Å². The average molecular weight is 300 g/mol. The minimum absolute atomic E-state index is 0.240. The molecule has 0 saturated heterocycles. The van der Waals surface area contributed by atoms with Crippen LogP contribution in [0.15, 0.2) is 16.6 Å². The smallest absolute Gasteiger partial charge is 0.231 e. The van der Waals surface area contributed by atoms with Gasteiger partial charge in [-0.25, -0.2) is 0 Å². The highest BCUT2D eigenvalue weighted by atomic mass is 79.9. The molecule has 16 heavy (non-hydrogen) atoms. The highest BCUT2D eigenvalue weighted by Gasteiger charge is 2.19. The summed E-state index contributed by atoms with van der Waals surface area (Å²) in [5, 5.41) is 0.448. The Bertz CT molecular complexity index is 558. The molecule has 0 spiro atoms. The minimum atomic E-state index is 0.240. The molecule has 0 fully saturated rings. The van der Waals surface area contributed by atoms with Crippen molar-refractivity contribution >= 4 is 32.6 Å². The number of halogens is 1. The molecule has 3 rings (SSSR count). The van der Waals surface area contributed by atoms with Crippen LogP contribution in [0.3, 0.4) is 0 Å². The maximum Gasteiger partial charge on any atom is 0.231 e. The molecule has 1 aliphatic rings. The number of ether oxygens (including phenoxy) is 2. The van der Waals surface area contributed by atoms with E-state index >= 15 is 0 Å². The maximum atomic E-state index is 5.54. The maximum absolute atomic E-state index is 5.54. The molecule has 1 aromatic carbocycles. The largest absolute Gasteiger partial charge is 0.454 e. The van der Waals surface area contributed by atoms with Crippen LogP contribution < -0.4 is 15.2 Å². The van der Waals surface area contributed by atoms with E-state index in [-0.39, 0.29) is 6.79 Å². The van der Waals surface area contributed by atoms with E-state index in [0.717, 1.165) is 10.0 Å². The normalized spacial score (nSPS) is 13.1. The third kappa shape index (κ3) is 1.52. The average Bonchev–Trinajstić information content (AvgIpc) is 2.85. The molecular weight excluding hydrogens is 294 g/mol. The van der Waals surface area contributed by atoms with Crippen molar-refractivity contribution in [3.05, 3.63) is 16.6 Å². The topological polar surface area (TPSA) is 70.3 Å². The Morgan fingerprint density at radius 1 is 1.38 bits per heavy atom. The summed E-state index contributed by atoms with van der Waals surface area (Å²) in [7, 11) is 0. The van der Waals surface area contributed by atoms with Crippen molar-refractivity contribution in [2.24, 2.45) is 0 Å². The highest BCUT2D eigenvalue weighted by Crippen LogP contribution is 2.42. The molecule has 2 aromatic rings. The summed E-state index contributed by atoms with van der Waals surface area (Å²) in [6.07, 6.45) is 0. The van der Waals surface area contributed by atoms with Gasteiger partial charge in [0.05, 0.1) is 4.47 Å².